The lowest BCUT2D eigenvalue weighted by molar-refractivity contribution is 0.391. The third-order valence-corrected chi connectivity index (χ3v) is 3.73. The number of methoxy groups -OCH3 is 2. The first-order chi connectivity index (χ1) is 8.00. The number of benzene rings is 1. The van der Waals surface area contributed by atoms with E-state index in [1.807, 2.05) is 0 Å². The fourth-order valence-corrected chi connectivity index (χ4v) is 2.27. The van der Waals surface area contributed by atoms with Crippen LogP contribution in [-0.2, 0) is 6.42 Å². The molecule has 0 aromatic heterocycles. The van der Waals surface area contributed by atoms with Crippen LogP contribution in [0.2, 0.25) is 0 Å². The Hall–Kier alpha value is -1.22. The number of rotatable bonds is 4. The lowest BCUT2D eigenvalue weighted by atomic mass is 9.97. The summed E-state index contributed by atoms with van der Waals surface area (Å²) in [5.74, 6) is 1.88. The summed E-state index contributed by atoms with van der Waals surface area (Å²) in [6, 6.07) is 2.06. The molecule has 0 spiro atoms. The highest BCUT2D eigenvalue weighted by Crippen LogP contribution is 2.41. The molecule has 0 heterocycles. The Morgan fingerprint density at radius 1 is 1.18 bits per heavy atom. The first-order valence-corrected chi connectivity index (χ1v) is 6.00. The average Bonchev–Trinajstić information content (AvgIpc) is 3.02. The molecule has 17 heavy (non-hydrogen) atoms. The van der Waals surface area contributed by atoms with Crippen molar-refractivity contribution in [2.45, 2.75) is 38.6 Å². The van der Waals surface area contributed by atoms with Crippen molar-refractivity contribution in [1.82, 2.24) is 0 Å². The molecule has 3 nitrogen and oxygen atoms in total. The Kier molecular flexibility index (Phi) is 3.04. The van der Waals surface area contributed by atoms with E-state index in [0.717, 1.165) is 47.5 Å². The third-order valence-electron chi connectivity index (χ3n) is 3.73. The summed E-state index contributed by atoms with van der Waals surface area (Å²) < 4.78 is 10.9. The van der Waals surface area contributed by atoms with Gasteiger partial charge in [-0.25, -0.2) is 0 Å². The Balaban J connectivity index is 2.44. The molecule has 0 atom stereocenters. The molecule has 1 aromatic carbocycles. The van der Waals surface area contributed by atoms with Crippen LogP contribution in [0.15, 0.2) is 6.07 Å². The fraction of sp³-hybridized carbons (Fsp3) is 0.571. The van der Waals surface area contributed by atoms with Crippen LogP contribution in [-0.4, -0.2) is 19.8 Å². The van der Waals surface area contributed by atoms with Crippen LogP contribution in [0.5, 0.6) is 11.5 Å². The summed E-state index contributed by atoms with van der Waals surface area (Å²) in [5, 5.41) is 0. The van der Waals surface area contributed by atoms with Gasteiger partial charge in [0.05, 0.1) is 14.2 Å². The molecule has 94 valence electrons. The van der Waals surface area contributed by atoms with Gasteiger partial charge in [0.2, 0.25) is 0 Å². The van der Waals surface area contributed by atoms with Crippen LogP contribution in [0, 0.1) is 13.8 Å². The number of hydrogen-bond donors (Lipinski definition) is 1. The van der Waals surface area contributed by atoms with Gasteiger partial charge in [-0.15, -0.1) is 0 Å². The molecular weight excluding hydrogens is 214 g/mol. The second-order valence-electron chi connectivity index (χ2n) is 5.06. The lowest BCUT2D eigenvalue weighted by Crippen LogP contribution is -2.25. The molecule has 0 unspecified atom stereocenters. The standard InChI is InChI=1S/C14H21NO2/c1-9-10(2)13(17-4)11(7-12(9)16-3)8-14(15)5-6-14/h7H,5-6,8,15H2,1-4H3. The van der Waals surface area contributed by atoms with Gasteiger partial charge < -0.3 is 15.2 Å². The zero-order valence-electron chi connectivity index (χ0n) is 11.1. The van der Waals surface area contributed by atoms with Crippen molar-refractivity contribution < 1.29 is 9.47 Å². The largest absolute Gasteiger partial charge is 0.496 e. The van der Waals surface area contributed by atoms with Gasteiger partial charge >= 0.3 is 0 Å². The lowest BCUT2D eigenvalue weighted by Gasteiger charge is -2.18. The van der Waals surface area contributed by atoms with Crippen molar-refractivity contribution in [1.29, 1.82) is 0 Å². The molecule has 0 amide bonds. The second kappa shape index (κ2) is 4.22. The molecule has 2 N–H and O–H groups in total. The van der Waals surface area contributed by atoms with Crippen LogP contribution in [0.1, 0.15) is 29.5 Å². The third kappa shape index (κ3) is 2.25. The smallest absolute Gasteiger partial charge is 0.125 e. The molecule has 0 saturated heterocycles. The molecule has 0 radical (unpaired) electrons. The maximum absolute atomic E-state index is 6.19. The van der Waals surface area contributed by atoms with Gasteiger partial charge in [-0.05, 0) is 55.9 Å². The van der Waals surface area contributed by atoms with Crippen molar-refractivity contribution in [3.05, 3.63) is 22.8 Å². The van der Waals surface area contributed by atoms with Crippen LogP contribution in [0.3, 0.4) is 0 Å². The van der Waals surface area contributed by atoms with Gasteiger partial charge in [0, 0.05) is 5.54 Å². The molecule has 0 aliphatic heterocycles. The quantitative estimate of drug-likeness (QED) is 0.871. The van der Waals surface area contributed by atoms with Gasteiger partial charge in [-0.1, -0.05) is 0 Å². The normalized spacial score (nSPS) is 16.8. The molecular formula is C14H21NO2. The predicted octanol–water partition coefficient (Wildman–Crippen LogP) is 2.35. The molecule has 1 aliphatic carbocycles. The highest BCUT2D eigenvalue weighted by Gasteiger charge is 2.39. The van der Waals surface area contributed by atoms with Gasteiger partial charge in [0.15, 0.2) is 0 Å². The molecule has 3 heteroatoms. The van der Waals surface area contributed by atoms with Crippen LogP contribution in [0.25, 0.3) is 0 Å². The van der Waals surface area contributed by atoms with Crippen LogP contribution in [0.4, 0.5) is 0 Å². The van der Waals surface area contributed by atoms with E-state index in [1.54, 1.807) is 14.2 Å². The summed E-state index contributed by atoms with van der Waals surface area (Å²) in [4.78, 5) is 0. The average molecular weight is 235 g/mol. The van der Waals surface area contributed by atoms with Crippen molar-refractivity contribution in [2.75, 3.05) is 14.2 Å². The minimum atomic E-state index is -0.0139. The monoisotopic (exact) mass is 235 g/mol. The van der Waals surface area contributed by atoms with Gasteiger partial charge in [-0.2, -0.15) is 0 Å². The summed E-state index contributed by atoms with van der Waals surface area (Å²) in [6.07, 6.45) is 3.07. The zero-order valence-corrected chi connectivity index (χ0v) is 11.1. The number of ether oxygens (including phenoxy) is 2. The summed E-state index contributed by atoms with van der Waals surface area (Å²) in [7, 11) is 3.42. The molecule has 1 saturated carbocycles. The fourth-order valence-electron chi connectivity index (χ4n) is 2.27. The Morgan fingerprint density at radius 2 is 1.82 bits per heavy atom. The van der Waals surface area contributed by atoms with E-state index in [4.69, 9.17) is 15.2 Å². The number of nitrogens with two attached hydrogens (primary N) is 1. The van der Waals surface area contributed by atoms with E-state index >= 15 is 0 Å². The predicted molar refractivity (Wildman–Crippen MR) is 68.9 cm³/mol. The van der Waals surface area contributed by atoms with Crippen molar-refractivity contribution >= 4 is 0 Å². The van der Waals surface area contributed by atoms with Crippen molar-refractivity contribution in [2.24, 2.45) is 5.73 Å². The maximum atomic E-state index is 6.19. The van der Waals surface area contributed by atoms with Gasteiger partial charge in [-0.3, -0.25) is 0 Å². The van der Waals surface area contributed by atoms with E-state index in [-0.39, 0.29) is 5.54 Å². The Labute approximate surface area is 103 Å². The summed E-state index contributed by atoms with van der Waals surface area (Å²) in [5.41, 5.74) is 9.61. The van der Waals surface area contributed by atoms with Crippen LogP contribution < -0.4 is 15.2 Å². The van der Waals surface area contributed by atoms with E-state index in [1.165, 1.54) is 0 Å². The highest BCUT2D eigenvalue weighted by molar-refractivity contribution is 5.53. The molecule has 0 bridgehead atoms. The van der Waals surface area contributed by atoms with Crippen molar-refractivity contribution in [3.63, 3.8) is 0 Å². The van der Waals surface area contributed by atoms with Gasteiger partial charge in [0.1, 0.15) is 11.5 Å². The van der Waals surface area contributed by atoms with E-state index < -0.39 is 0 Å². The SMILES string of the molecule is COc1cc(CC2(N)CC2)c(OC)c(C)c1C. The number of hydrogen-bond acceptors (Lipinski definition) is 3. The van der Waals surface area contributed by atoms with E-state index in [9.17, 15) is 0 Å². The summed E-state index contributed by atoms with van der Waals surface area (Å²) in [6.45, 7) is 4.12. The van der Waals surface area contributed by atoms with Crippen molar-refractivity contribution in [3.8, 4) is 11.5 Å². The Morgan fingerprint density at radius 3 is 2.29 bits per heavy atom. The first-order valence-electron chi connectivity index (χ1n) is 6.00. The molecule has 1 aromatic rings. The van der Waals surface area contributed by atoms with Gasteiger partial charge in [0.25, 0.3) is 0 Å². The maximum Gasteiger partial charge on any atom is 0.125 e. The molecule has 2 rings (SSSR count). The van der Waals surface area contributed by atoms with Crippen LogP contribution >= 0.6 is 0 Å². The minimum absolute atomic E-state index is 0.0139. The summed E-state index contributed by atoms with van der Waals surface area (Å²) >= 11 is 0. The minimum Gasteiger partial charge on any atom is -0.496 e. The highest BCUT2D eigenvalue weighted by atomic mass is 16.5. The molecule has 1 fully saturated rings. The van der Waals surface area contributed by atoms with E-state index in [0.29, 0.717) is 0 Å². The topological polar surface area (TPSA) is 44.5 Å². The first kappa shape index (κ1) is 12.2. The second-order valence-corrected chi connectivity index (χ2v) is 5.06. The molecule has 1 aliphatic rings. The Bertz CT molecular complexity index is 436. The van der Waals surface area contributed by atoms with E-state index in [2.05, 4.69) is 19.9 Å². The zero-order chi connectivity index (χ0) is 12.6.